The molecule has 0 aromatic heterocycles. The highest BCUT2D eigenvalue weighted by Crippen LogP contribution is 2.43. The number of hydrogen-bond acceptors (Lipinski definition) is 7. The number of rotatable bonds is 2. The van der Waals surface area contributed by atoms with Crippen molar-refractivity contribution in [3.63, 3.8) is 0 Å². The minimum absolute atomic E-state index is 0.0313. The van der Waals surface area contributed by atoms with Crippen molar-refractivity contribution < 1.29 is 29.3 Å². The van der Waals surface area contributed by atoms with E-state index in [1.54, 1.807) is 25.1 Å². The molecule has 0 bridgehead atoms. The van der Waals surface area contributed by atoms with E-state index in [0.29, 0.717) is 17.5 Å². The molecule has 0 spiro atoms. The molecule has 2 aromatic rings. The molecule has 7 nitrogen and oxygen atoms in total. The summed E-state index contributed by atoms with van der Waals surface area (Å²) in [6, 6.07) is 6.63. The number of likely N-dealkylation sites (N-methyl/N-ethyl adjacent to an activating group) is 1. The third-order valence-corrected chi connectivity index (χ3v) is 7.49. The van der Waals surface area contributed by atoms with Crippen molar-refractivity contribution in [3.05, 3.63) is 63.2 Å². The van der Waals surface area contributed by atoms with Gasteiger partial charge in [0.2, 0.25) is 0 Å². The molecular formula is C27H29NO6. The van der Waals surface area contributed by atoms with Gasteiger partial charge in [-0.2, -0.15) is 0 Å². The van der Waals surface area contributed by atoms with Crippen LogP contribution in [0.4, 0.5) is 0 Å². The Hall–Kier alpha value is -2.87. The molecule has 2 aromatic carbocycles. The smallest absolute Gasteiger partial charge is 0.198 e. The molecule has 178 valence electrons. The zero-order valence-electron chi connectivity index (χ0n) is 19.8. The van der Waals surface area contributed by atoms with Crippen LogP contribution < -0.4 is 0 Å². The molecule has 1 aliphatic heterocycles. The predicted octanol–water partition coefficient (Wildman–Crippen LogP) is 3.22. The van der Waals surface area contributed by atoms with Gasteiger partial charge < -0.3 is 19.8 Å². The summed E-state index contributed by atoms with van der Waals surface area (Å²) in [5.74, 6) is -1.52. The van der Waals surface area contributed by atoms with E-state index >= 15 is 0 Å². The van der Waals surface area contributed by atoms with E-state index in [1.165, 1.54) is 6.07 Å². The number of phenols is 1. The molecule has 34 heavy (non-hydrogen) atoms. The number of hydrogen-bond donors (Lipinski definition) is 2. The van der Waals surface area contributed by atoms with Crippen LogP contribution in [0.15, 0.2) is 24.3 Å². The predicted molar refractivity (Wildman–Crippen MR) is 125 cm³/mol. The normalized spacial score (nSPS) is 28.5. The number of benzene rings is 2. The number of aromatic hydroxyl groups is 1. The van der Waals surface area contributed by atoms with Crippen LogP contribution in [-0.2, 0) is 11.2 Å². The molecule has 7 heteroatoms. The Morgan fingerprint density at radius 1 is 0.941 bits per heavy atom. The van der Waals surface area contributed by atoms with E-state index in [-0.39, 0.29) is 70.4 Å². The van der Waals surface area contributed by atoms with Crippen molar-refractivity contribution in [1.29, 1.82) is 0 Å². The van der Waals surface area contributed by atoms with Crippen LogP contribution in [0.25, 0.3) is 0 Å². The number of nitrogens with zero attached hydrogens (tertiary/aromatic N) is 1. The number of ketones is 3. The van der Waals surface area contributed by atoms with Gasteiger partial charge >= 0.3 is 0 Å². The van der Waals surface area contributed by atoms with Crippen LogP contribution >= 0.6 is 0 Å². The maximum absolute atomic E-state index is 13.5. The summed E-state index contributed by atoms with van der Waals surface area (Å²) in [6.45, 7) is 3.58. The first-order valence-electron chi connectivity index (χ1n) is 11.7. The first-order valence-corrected chi connectivity index (χ1v) is 11.7. The van der Waals surface area contributed by atoms with Crippen molar-refractivity contribution in [2.45, 2.75) is 63.4 Å². The van der Waals surface area contributed by atoms with Gasteiger partial charge in [0.15, 0.2) is 17.3 Å². The van der Waals surface area contributed by atoms with Crippen molar-refractivity contribution in [3.8, 4) is 5.75 Å². The highest BCUT2D eigenvalue weighted by Gasteiger charge is 2.42. The van der Waals surface area contributed by atoms with Crippen LogP contribution in [0.1, 0.15) is 92.5 Å². The highest BCUT2D eigenvalue weighted by molar-refractivity contribution is 6.32. The molecular weight excluding hydrogens is 434 g/mol. The van der Waals surface area contributed by atoms with Crippen molar-refractivity contribution in [2.24, 2.45) is 0 Å². The second kappa shape index (κ2) is 7.83. The fraction of sp³-hybridized carbons (Fsp3) is 0.444. The highest BCUT2D eigenvalue weighted by atomic mass is 16.5. The van der Waals surface area contributed by atoms with Crippen molar-refractivity contribution >= 4 is 17.3 Å². The summed E-state index contributed by atoms with van der Waals surface area (Å²) in [4.78, 5) is 42.0. The Morgan fingerprint density at radius 3 is 2.26 bits per heavy atom. The average molecular weight is 464 g/mol. The van der Waals surface area contributed by atoms with E-state index < -0.39 is 17.2 Å². The van der Waals surface area contributed by atoms with Gasteiger partial charge in [-0.15, -0.1) is 0 Å². The standard InChI is InChI=1S/C27H29NO6/c1-13-18(28(3)4)9-10-20(34-13)15-7-8-17-23(24(15)30)26(32)16-6-5-14-11-27(2,33)12-19(29)21(14)22(16)25(17)31/h5-8,13,18,20,30,33H,9-12H2,1-4H3/t13-,18-,20+,27-/m0/s1. The summed E-state index contributed by atoms with van der Waals surface area (Å²) in [5, 5.41) is 21.6. The van der Waals surface area contributed by atoms with Gasteiger partial charge in [-0.05, 0) is 58.5 Å². The maximum Gasteiger partial charge on any atom is 0.198 e. The minimum Gasteiger partial charge on any atom is -0.507 e. The first-order chi connectivity index (χ1) is 16.0. The Bertz CT molecular complexity index is 1240. The monoisotopic (exact) mass is 463 g/mol. The number of carbonyl (C=O) groups excluding carboxylic acids is 3. The molecule has 2 aliphatic carbocycles. The van der Waals surface area contributed by atoms with E-state index in [2.05, 4.69) is 4.90 Å². The second-order valence-corrected chi connectivity index (χ2v) is 10.3. The van der Waals surface area contributed by atoms with E-state index in [0.717, 1.165) is 6.42 Å². The molecule has 0 radical (unpaired) electrons. The molecule has 4 atom stereocenters. The lowest BCUT2D eigenvalue weighted by Crippen LogP contribution is -2.43. The summed E-state index contributed by atoms with van der Waals surface area (Å²) in [6.07, 6.45) is 1.24. The van der Waals surface area contributed by atoms with Gasteiger partial charge in [0, 0.05) is 46.7 Å². The van der Waals surface area contributed by atoms with Gasteiger partial charge in [-0.25, -0.2) is 0 Å². The first kappa shape index (κ1) is 22.9. The average Bonchev–Trinajstić information content (AvgIpc) is 2.75. The maximum atomic E-state index is 13.5. The molecule has 1 heterocycles. The van der Waals surface area contributed by atoms with Crippen LogP contribution in [0.2, 0.25) is 0 Å². The largest absolute Gasteiger partial charge is 0.507 e. The molecule has 5 rings (SSSR count). The molecule has 1 saturated heterocycles. The summed E-state index contributed by atoms with van der Waals surface area (Å²) in [5.41, 5.74) is 0.346. The van der Waals surface area contributed by atoms with E-state index in [1.807, 2.05) is 21.0 Å². The lowest BCUT2D eigenvalue weighted by atomic mass is 9.73. The van der Waals surface area contributed by atoms with Gasteiger partial charge in [-0.1, -0.05) is 12.1 Å². The van der Waals surface area contributed by atoms with Crippen LogP contribution in [-0.4, -0.2) is 64.3 Å². The van der Waals surface area contributed by atoms with Gasteiger partial charge in [0.25, 0.3) is 0 Å². The fourth-order valence-electron chi connectivity index (χ4n) is 5.88. The van der Waals surface area contributed by atoms with Crippen molar-refractivity contribution in [1.82, 2.24) is 4.90 Å². The topological polar surface area (TPSA) is 104 Å². The number of carbonyl (C=O) groups is 3. The number of phenolic OH excluding ortho intramolecular Hbond substituents is 1. The van der Waals surface area contributed by atoms with Crippen LogP contribution in [0.5, 0.6) is 5.75 Å². The lowest BCUT2D eigenvalue weighted by Gasteiger charge is -2.38. The molecule has 2 N–H and O–H groups in total. The Balaban J connectivity index is 1.56. The second-order valence-electron chi connectivity index (χ2n) is 10.3. The molecule has 1 fully saturated rings. The third kappa shape index (κ3) is 3.42. The molecule has 0 unspecified atom stereocenters. The lowest BCUT2D eigenvalue weighted by molar-refractivity contribution is -0.0830. The number of ether oxygens (including phenoxy) is 1. The summed E-state index contributed by atoms with van der Waals surface area (Å²) < 4.78 is 6.19. The zero-order valence-corrected chi connectivity index (χ0v) is 19.8. The van der Waals surface area contributed by atoms with Gasteiger partial charge in [-0.3, -0.25) is 14.4 Å². The molecule has 0 amide bonds. The number of Topliss-reactive ketones (excluding diaryl/α,β-unsaturated/α-hetero) is 1. The van der Waals surface area contributed by atoms with E-state index in [4.69, 9.17) is 4.74 Å². The summed E-state index contributed by atoms with van der Waals surface area (Å²) >= 11 is 0. The third-order valence-electron chi connectivity index (χ3n) is 7.49. The summed E-state index contributed by atoms with van der Waals surface area (Å²) in [7, 11) is 4.01. The minimum atomic E-state index is -1.19. The Labute approximate surface area is 198 Å². The SMILES string of the molecule is C[C@@H]1O[C@@H](c2ccc3c(c2O)C(=O)c2ccc4c(c2C3=O)C(=O)C[C@@](C)(O)C4)CC[C@@H]1N(C)C. The quantitative estimate of drug-likeness (QED) is 0.601. The fourth-order valence-corrected chi connectivity index (χ4v) is 5.88. The van der Waals surface area contributed by atoms with Gasteiger partial charge in [0.05, 0.1) is 23.4 Å². The van der Waals surface area contributed by atoms with Crippen LogP contribution in [0.3, 0.4) is 0 Å². The Kier molecular flexibility index (Phi) is 5.28. The molecule has 0 saturated carbocycles. The number of aliphatic hydroxyl groups is 1. The van der Waals surface area contributed by atoms with Gasteiger partial charge in [0.1, 0.15) is 5.75 Å². The zero-order chi connectivity index (χ0) is 24.5. The Morgan fingerprint density at radius 2 is 1.59 bits per heavy atom. The number of fused-ring (bicyclic) bond motifs is 4. The van der Waals surface area contributed by atoms with E-state index in [9.17, 15) is 24.6 Å². The van der Waals surface area contributed by atoms with Crippen molar-refractivity contribution in [2.75, 3.05) is 14.1 Å². The molecule has 3 aliphatic rings. The van der Waals surface area contributed by atoms with Crippen LogP contribution in [0, 0.1) is 0 Å².